The number of piperidine rings is 1. The molecule has 3 atom stereocenters. The van der Waals surface area contributed by atoms with Gasteiger partial charge >= 0.3 is 0 Å². The van der Waals surface area contributed by atoms with Crippen molar-refractivity contribution in [1.29, 1.82) is 0 Å². The van der Waals surface area contributed by atoms with Crippen molar-refractivity contribution in [2.24, 2.45) is 5.73 Å². The fraction of sp³-hybridized carbons (Fsp3) is 1.00. The smallest absolute Gasteiger partial charge is 0.0459 e. The molecule has 2 N–H and O–H groups in total. The van der Waals surface area contributed by atoms with Gasteiger partial charge in [-0.15, -0.1) is 0 Å². The number of rotatable bonds is 2. The normalized spacial score (nSPS) is 41.6. The van der Waals surface area contributed by atoms with Crippen LogP contribution in [0.3, 0.4) is 0 Å². The largest absolute Gasteiger partial charge is 0.329 e. The number of thioether (sulfide) groups is 1. The third-order valence-corrected chi connectivity index (χ3v) is 5.44. The number of likely N-dealkylation sites (N-methyl/N-ethyl adjacent to an activating group) is 1. The van der Waals surface area contributed by atoms with Gasteiger partial charge in [-0.05, 0) is 26.4 Å². The molecule has 0 radical (unpaired) electrons. The summed E-state index contributed by atoms with van der Waals surface area (Å²) in [5.41, 5.74) is 6.39. The fourth-order valence-electron chi connectivity index (χ4n) is 3.46. The van der Waals surface area contributed by atoms with Gasteiger partial charge in [-0.1, -0.05) is 13.8 Å². The first kappa shape index (κ1) is 13.7. The molecule has 0 aromatic carbocycles. The highest BCUT2D eigenvalue weighted by Crippen LogP contribution is 2.33. The number of hydrogen-bond donors (Lipinski definition) is 1. The molecule has 3 unspecified atom stereocenters. The molecule has 2 saturated heterocycles. The van der Waals surface area contributed by atoms with Gasteiger partial charge in [0.15, 0.2) is 0 Å². The summed E-state index contributed by atoms with van der Waals surface area (Å²) < 4.78 is 0. The van der Waals surface area contributed by atoms with Gasteiger partial charge in [-0.25, -0.2) is 0 Å². The predicted octanol–water partition coefficient (Wildman–Crippen LogP) is 1.24. The Morgan fingerprint density at radius 2 is 1.94 bits per heavy atom. The van der Waals surface area contributed by atoms with Gasteiger partial charge < -0.3 is 10.6 Å². The first-order valence-electron chi connectivity index (χ1n) is 6.85. The summed E-state index contributed by atoms with van der Waals surface area (Å²) in [6, 6.07) is 0. The minimum atomic E-state index is 0.247. The Labute approximate surface area is 110 Å². The third-order valence-electron chi connectivity index (χ3n) is 4.22. The van der Waals surface area contributed by atoms with E-state index in [0.717, 1.165) is 23.6 Å². The van der Waals surface area contributed by atoms with E-state index in [1.807, 2.05) is 0 Å². The van der Waals surface area contributed by atoms with Crippen LogP contribution in [0.5, 0.6) is 0 Å². The molecule has 100 valence electrons. The summed E-state index contributed by atoms with van der Waals surface area (Å²) in [6.45, 7) is 10.3. The summed E-state index contributed by atoms with van der Waals surface area (Å²) in [7, 11) is 2.23. The molecule has 2 rings (SSSR count). The number of nitrogens with zero attached hydrogens (tertiary/aromatic N) is 2. The van der Waals surface area contributed by atoms with Crippen molar-refractivity contribution in [2.75, 3.05) is 39.8 Å². The predicted molar refractivity (Wildman–Crippen MR) is 76.6 cm³/mol. The van der Waals surface area contributed by atoms with Crippen LogP contribution >= 0.6 is 11.8 Å². The summed E-state index contributed by atoms with van der Waals surface area (Å²) in [5.74, 6) is 0. The SMILES string of the molecule is CC1CN(C2(CN)CCCN(C)C2)CC(C)S1. The maximum atomic E-state index is 6.15. The van der Waals surface area contributed by atoms with Gasteiger partial charge in [0.2, 0.25) is 0 Å². The van der Waals surface area contributed by atoms with Crippen LogP contribution in [0.15, 0.2) is 0 Å². The molecular weight excluding hydrogens is 230 g/mol. The minimum Gasteiger partial charge on any atom is -0.329 e. The van der Waals surface area contributed by atoms with Crippen LogP contribution in [0, 0.1) is 0 Å². The second-order valence-corrected chi connectivity index (χ2v) is 7.81. The van der Waals surface area contributed by atoms with E-state index in [1.165, 1.54) is 32.5 Å². The van der Waals surface area contributed by atoms with Gasteiger partial charge in [-0.2, -0.15) is 11.8 Å². The molecule has 0 aromatic heterocycles. The Kier molecular flexibility index (Phi) is 4.40. The summed E-state index contributed by atoms with van der Waals surface area (Å²) in [4.78, 5) is 5.14. The van der Waals surface area contributed by atoms with Gasteiger partial charge in [0, 0.05) is 42.2 Å². The molecule has 2 aliphatic rings. The van der Waals surface area contributed by atoms with Crippen molar-refractivity contribution in [2.45, 2.75) is 42.7 Å². The highest BCUT2D eigenvalue weighted by atomic mass is 32.2. The summed E-state index contributed by atoms with van der Waals surface area (Å²) >= 11 is 2.12. The topological polar surface area (TPSA) is 32.5 Å². The molecule has 0 aromatic rings. The Bertz CT molecular complexity index is 251. The van der Waals surface area contributed by atoms with Crippen molar-refractivity contribution in [3.63, 3.8) is 0 Å². The van der Waals surface area contributed by atoms with Crippen molar-refractivity contribution >= 4 is 11.8 Å². The first-order valence-corrected chi connectivity index (χ1v) is 7.79. The van der Waals surface area contributed by atoms with E-state index in [1.54, 1.807) is 0 Å². The van der Waals surface area contributed by atoms with E-state index in [4.69, 9.17) is 5.73 Å². The highest BCUT2D eigenvalue weighted by molar-refractivity contribution is 8.00. The van der Waals surface area contributed by atoms with Crippen molar-refractivity contribution in [3.8, 4) is 0 Å². The van der Waals surface area contributed by atoms with Crippen molar-refractivity contribution in [1.82, 2.24) is 9.80 Å². The van der Waals surface area contributed by atoms with E-state index in [-0.39, 0.29) is 5.54 Å². The molecule has 0 saturated carbocycles. The quantitative estimate of drug-likeness (QED) is 0.807. The van der Waals surface area contributed by atoms with E-state index in [0.29, 0.717) is 0 Å². The Balaban J connectivity index is 2.10. The van der Waals surface area contributed by atoms with Crippen LogP contribution in [0.4, 0.5) is 0 Å². The van der Waals surface area contributed by atoms with Gasteiger partial charge in [0.1, 0.15) is 0 Å². The molecule has 2 heterocycles. The van der Waals surface area contributed by atoms with E-state index >= 15 is 0 Å². The highest BCUT2D eigenvalue weighted by Gasteiger charge is 2.41. The van der Waals surface area contributed by atoms with E-state index in [9.17, 15) is 0 Å². The maximum Gasteiger partial charge on any atom is 0.0459 e. The zero-order valence-electron chi connectivity index (χ0n) is 11.5. The lowest BCUT2D eigenvalue weighted by Gasteiger charge is -2.52. The van der Waals surface area contributed by atoms with Crippen LogP contribution in [-0.2, 0) is 0 Å². The Morgan fingerprint density at radius 3 is 2.47 bits per heavy atom. The second-order valence-electron chi connectivity index (χ2n) is 5.93. The molecule has 0 bridgehead atoms. The lowest BCUT2D eigenvalue weighted by molar-refractivity contribution is 0.0247. The second kappa shape index (κ2) is 5.47. The Morgan fingerprint density at radius 1 is 1.29 bits per heavy atom. The van der Waals surface area contributed by atoms with E-state index in [2.05, 4.69) is 42.5 Å². The average Bonchev–Trinajstić information content (AvgIpc) is 2.27. The molecule has 0 aliphatic carbocycles. The first-order chi connectivity index (χ1) is 8.05. The zero-order chi connectivity index (χ0) is 12.5. The molecule has 0 spiro atoms. The van der Waals surface area contributed by atoms with E-state index < -0.39 is 0 Å². The third kappa shape index (κ3) is 2.98. The van der Waals surface area contributed by atoms with Crippen LogP contribution in [0.1, 0.15) is 26.7 Å². The molecule has 3 nitrogen and oxygen atoms in total. The molecule has 17 heavy (non-hydrogen) atoms. The van der Waals surface area contributed by atoms with Crippen molar-refractivity contribution < 1.29 is 0 Å². The van der Waals surface area contributed by atoms with Crippen LogP contribution in [0.25, 0.3) is 0 Å². The molecular formula is C13H27N3S. The monoisotopic (exact) mass is 257 g/mol. The van der Waals surface area contributed by atoms with Crippen molar-refractivity contribution in [3.05, 3.63) is 0 Å². The summed E-state index contributed by atoms with van der Waals surface area (Å²) in [5, 5.41) is 1.49. The van der Waals surface area contributed by atoms with Gasteiger partial charge in [0.25, 0.3) is 0 Å². The molecule has 0 amide bonds. The zero-order valence-corrected chi connectivity index (χ0v) is 12.3. The number of nitrogens with two attached hydrogens (primary N) is 1. The Hall–Kier alpha value is 0.230. The van der Waals surface area contributed by atoms with Crippen LogP contribution < -0.4 is 5.73 Å². The lowest BCUT2D eigenvalue weighted by Crippen LogP contribution is -2.65. The fourth-order valence-corrected chi connectivity index (χ4v) is 4.78. The number of hydrogen-bond acceptors (Lipinski definition) is 4. The summed E-state index contributed by atoms with van der Waals surface area (Å²) in [6.07, 6.45) is 2.57. The standard InChI is InChI=1S/C13H27N3S/c1-11-7-16(8-12(2)17-11)13(9-14)5-4-6-15(3)10-13/h11-12H,4-10,14H2,1-3H3. The lowest BCUT2D eigenvalue weighted by atomic mass is 9.86. The maximum absolute atomic E-state index is 6.15. The van der Waals surface area contributed by atoms with Crippen LogP contribution in [0.2, 0.25) is 0 Å². The van der Waals surface area contributed by atoms with Gasteiger partial charge in [-0.3, -0.25) is 4.90 Å². The minimum absolute atomic E-state index is 0.247. The van der Waals surface area contributed by atoms with Crippen LogP contribution in [-0.4, -0.2) is 65.6 Å². The number of likely N-dealkylation sites (tertiary alicyclic amines) is 1. The molecule has 2 fully saturated rings. The molecule has 4 heteroatoms. The van der Waals surface area contributed by atoms with Gasteiger partial charge in [0.05, 0.1) is 0 Å². The average molecular weight is 257 g/mol. The molecule has 2 aliphatic heterocycles.